The van der Waals surface area contributed by atoms with E-state index in [1.807, 2.05) is 13.8 Å². The van der Waals surface area contributed by atoms with Crippen LogP contribution in [0.15, 0.2) is 25.3 Å². The zero-order valence-corrected chi connectivity index (χ0v) is 14.0. The van der Waals surface area contributed by atoms with Crippen LogP contribution in [0.2, 0.25) is 0 Å². The molecule has 0 aromatic rings. The quantitative estimate of drug-likeness (QED) is 0.735. The Kier molecular flexibility index (Phi) is 7.52. The first-order chi connectivity index (χ1) is 10.4. The monoisotopic (exact) mass is 306 g/mol. The molecule has 0 heterocycles. The lowest BCUT2D eigenvalue weighted by molar-refractivity contribution is -0.153. The molecule has 1 fully saturated rings. The van der Waals surface area contributed by atoms with Crippen LogP contribution in [0.4, 0.5) is 0 Å². The van der Waals surface area contributed by atoms with Gasteiger partial charge in [0.25, 0.3) is 0 Å². The second-order valence-electron chi connectivity index (χ2n) is 6.48. The highest BCUT2D eigenvalue weighted by atomic mass is 16.2. The number of carbonyl (C=O) groups excluding carboxylic acids is 2. The Bertz CT molecular complexity index is 391. The van der Waals surface area contributed by atoms with E-state index in [1.165, 1.54) is 4.90 Å². The van der Waals surface area contributed by atoms with Crippen molar-refractivity contribution in [1.82, 2.24) is 4.90 Å². The molecule has 4 atom stereocenters. The van der Waals surface area contributed by atoms with Gasteiger partial charge in [0.2, 0.25) is 11.8 Å². The van der Waals surface area contributed by atoms with Crippen molar-refractivity contribution in [3.8, 4) is 0 Å². The van der Waals surface area contributed by atoms with Crippen molar-refractivity contribution < 1.29 is 9.59 Å². The van der Waals surface area contributed by atoms with E-state index in [2.05, 4.69) is 13.2 Å². The molecule has 0 aliphatic heterocycles. The Hall–Kier alpha value is -1.42. The van der Waals surface area contributed by atoms with Crippen molar-refractivity contribution in [1.29, 1.82) is 0 Å². The number of hydrogen-bond acceptors (Lipinski definition) is 3. The van der Waals surface area contributed by atoms with E-state index in [0.717, 1.165) is 19.3 Å². The van der Waals surface area contributed by atoms with Crippen LogP contribution in [-0.4, -0.2) is 28.8 Å². The Balaban J connectivity index is 2.97. The minimum absolute atomic E-state index is 0.0664. The predicted molar refractivity (Wildman–Crippen MR) is 90.0 cm³/mol. The standard InChI is InChI=1S/C18H30N2O2/c1-5-8-13(3)17(21)20(18(22)14(4)9-6-2)16-11-7-10-15(19)12-16/h5-6,13-16H,1-2,7-12,19H2,3-4H3. The molecular formula is C18H30N2O2. The maximum absolute atomic E-state index is 12.8. The van der Waals surface area contributed by atoms with Crippen LogP contribution in [0, 0.1) is 11.8 Å². The van der Waals surface area contributed by atoms with Crippen LogP contribution in [0.3, 0.4) is 0 Å². The number of rotatable bonds is 7. The summed E-state index contributed by atoms with van der Waals surface area (Å²) in [7, 11) is 0. The second kappa shape index (κ2) is 8.89. The lowest BCUT2D eigenvalue weighted by Crippen LogP contribution is -2.52. The smallest absolute Gasteiger partial charge is 0.232 e. The van der Waals surface area contributed by atoms with Crippen molar-refractivity contribution >= 4 is 11.8 Å². The maximum Gasteiger partial charge on any atom is 0.232 e. The lowest BCUT2D eigenvalue weighted by Gasteiger charge is -2.37. The summed E-state index contributed by atoms with van der Waals surface area (Å²) < 4.78 is 0. The van der Waals surface area contributed by atoms with Gasteiger partial charge in [-0.3, -0.25) is 14.5 Å². The molecular weight excluding hydrogens is 276 g/mol. The number of carbonyl (C=O) groups is 2. The molecule has 0 radical (unpaired) electrons. The van der Waals surface area contributed by atoms with Gasteiger partial charge in [-0.2, -0.15) is 0 Å². The van der Waals surface area contributed by atoms with Gasteiger partial charge in [0.05, 0.1) is 0 Å². The fourth-order valence-corrected chi connectivity index (χ4v) is 3.08. The third kappa shape index (κ3) is 4.80. The summed E-state index contributed by atoms with van der Waals surface area (Å²) in [5, 5.41) is 0. The van der Waals surface area contributed by atoms with Gasteiger partial charge in [-0.25, -0.2) is 0 Å². The number of imide groups is 1. The molecule has 4 heteroatoms. The fraction of sp³-hybridized carbons (Fsp3) is 0.667. The van der Waals surface area contributed by atoms with E-state index in [4.69, 9.17) is 5.73 Å². The Labute approximate surface area is 134 Å². The van der Waals surface area contributed by atoms with Gasteiger partial charge in [0.1, 0.15) is 0 Å². The van der Waals surface area contributed by atoms with Crippen LogP contribution in [0.5, 0.6) is 0 Å². The van der Waals surface area contributed by atoms with Gasteiger partial charge in [-0.15, -0.1) is 13.2 Å². The summed E-state index contributed by atoms with van der Waals surface area (Å²) in [5.41, 5.74) is 6.05. The lowest BCUT2D eigenvalue weighted by atomic mass is 9.88. The van der Waals surface area contributed by atoms with Crippen LogP contribution in [-0.2, 0) is 9.59 Å². The van der Waals surface area contributed by atoms with E-state index in [9.17, 15) is 9.59 Å². The molecule has 0 spiro atoms. The fourth-order valence-electron chi connectivity index (χ4n) is 3.08. The summed E-state index contributed by atoms with van der Waals surface area (Å²) in [4.78, 5) is 27.1. The Morgan fingerprint density at radius 3 is 2.05 bits per heavy atom. The first kappa shape index (κ1) is 18.6. The zero-order valence-electron chi connectivity index (χ0n) is 14.0. The topological polar surface area (TPSA) is 63.4 Å². The average Bonchev–Trinajstić information content (AvgIpc) is 2.47. The molecule has 0 saturated heterocycles. The van der Waals surface area contributed by atoms with Gasteiger partial charge in [0.15, 0.2) is 0 Å². The highest BCUT2D eigenvalue weighted by Gasteiger charge is 2.36. The van der Waals surface area contributed by atoms with Crippen LogP contribution in [0.1, 0.15) is 52.4 Å². The van der Waals surface area contributed by atoms with Crippen LogP contribution < -0.4 is 5.73 Å². The number of allylic oxidation sites excluding steroid dienone is 2. The normalized spacial score (nSPS) is 24.1. The molecule has 2 N–H and O–H groups in total. The zero-order chi connectivity index (χ0) is 16.7. The first-order valence-electron chi connectivity index (χ1n) is 8.26. The van der Waals surface area contributed by atoms with Crippen LogP contribution in [0.25, 0.3) is 0 Å². The van der Waals surface area contributed by atoms with Crippen molar-refractivity contribution in [2.24, 2.45) is 17.6 Å². The van der Waals surface area contributed by atoms with Gasteiger partial charge >= 0.3 is 0 Å². The van der Waals surface area contributed by atoms with E-state index in [0.29, 0.717) is 19.3 Å². The van der Waals surface area contributed by atoms with Crippen molar-refractivity contribution in [3.05, 3.63) is 25.3 Å². The van der Waals surface area contributed by atoms with Crippen molar-refractivity contribution in [2.45, 2.75) is 64.5 Å². The number of amides is 2. The molecule has 0 bridgehead atoms. The number of hydrogen-bond donors (Lipinski definition) is 1. The second-order valence-corrected chi connectivity index (χ2v) is 6.48. The molecule has 2 amide bonds. The van der Waals surface area contributed by atoms with Crippen molar-refractivity contribution in [3.63, 3.8) is 0 Å². The minimum atomic E-state index is -0.226. The SMILES string of the molecule is C=CCC(C)C(=O)N(C(=O)C(C)CC=C)C1CCCC(N)C1. The average molecular weight is 306 g/mol. The number of nitrogens with two attached hydrogens (primary N) is 1. The molecule has 4 unspecified atom stereocenters. The minimum Gasteiger partial charge on any atom is -0.328 e. The van der Waals surface area contributed by atoms with Gasteiger partial charge in [-0.1, -0.05) is 26.0 Å². The molecule has 124 valence electrons. The third-order valence-electron chi connectivity index (χ3n) is 4.41. The van der Waals surface area contributed by atoms with Gasteiger partial charge in [-0.05, 0) is 38.5 Å². The van der Waals surface area contributed by atoms with E-state index < -0.39 is 0 Å². The van der Waals surface area contributed by atoms with Gasteiger partial charge in [0, 0.05) is 23.9 Å². The van der Waals surface area contributed by atoms with Crippen LogP contribution >= 0.6 is 0 Å². The van der Waals surface area contributed by atoms with E-state index in [1.54, 1.807) is 12.2 Å². The molecule has 22 heavy (non-hydrogen) atoms. The van der Waals surface area contributed by atoms with E-state index in [-0.39, 0.29) is 35.7 Å². The molecule has 1 aliphatic carbocycles. The Morgan fingerprint density at radius 2 is 1.64 bits per heavy atom. The first-order valence-corrected chi connectivity index (χ1v) is 8.26. The summed E-state index contributed by atoms with van der Waals surface area (Å²) >= 11 is 0. The summed E-state index contributed by atoms with van der Waals surface area (Å²) in [5.74, 6) is -0.647. The van der Waals surface area contributed by atoms with Crippen molar-refractivity contribution in [2.75, 3.05) is 0 Å². The molecule has 0 aromatic carbocycles. The Morgan fingerprint density at radius 1 is 1.14 bits per heavy atom. The molecule has 1 rings (SSSR count). The molecule has 1 aliphatic rings. The molecule has 1 saturated carbocycles. The largest absolute Gasteiger partial charge is 0.328 e. The maximum atomic E-state index is 12.8. The number of nitrogens with zero attached hydrogens (tertiary/aromatic N) is 1. The molecule has 4 nitrogen and oxygen atoms in total. The third-order valence-corrected chi connectivity index (χ3v) is 4.41. The van der Waals surface area contributed by atoms with E-state index >= 15 is 0 Å². The molecule has 0 aromatic heterocycles. The predicted octanol–water partition coefficient (Wildman–Crippen LogP) is 3.04. The van der Waals surface area contributed by atoms with Gasteiger partial charge < -0.3 is 5.73 Å². The highest BCUT2D eigenvalue weighted by Crippen LogP contribution is 2.26. The highest BCUT2D eigenvalue weighted by molar-refractivity contribution is 5.97. The summed E-state index contributed by atoms with van der Waals surface area (Å²) in [6.45, 7) is 11.1. The summed E-state index contributed by atoms with van der Waals surface area (Å²) in [6, 6.07) is 0.00884. The summed E-state index contributed by atoms with van der Waals surface area (Å²) in [6.07, 6.45) is 8.11.